The smallest absolute Gasteiger partial charge is 0.282 e. The van der Waals surface area contributed by atoms with Gasteiger partial charge in [0.15, 0.2) is 11.5 Å². The lowest BCUT2D eigenvalue weighted by atomic mass is 10.1. The van der Waals surface area contributed by atoms with Gasteiger partial charge < -0.3 is 9.47 Å². The van der Waals surface area contributed by atoms with E-state index in [1.807, 2.05) is 37.3 Å². The monoisotopic (exact) mass is 441 g/mol. The Kier molecular flexibility index (Phi) is 5.17. The van der Waals surface area contributed by atoms with E-state index < -0.39 is 0 Å². The molecule has 0 saturated carbocycles. The fraction of sp³-hybridized carbons (Fsp3) is 0.286. The fourth-order valence-corrected chi connectivity index (χ4v) is 3.40. The van der Waals surface area contributed by atoms with Gasteiger partial charge in [0.25, 0.3) is 5.56 Å². The number of benzene rings is 2. The van der Waals surface area contributed by atoms with Gasteiger partial charge in [-0.25, -0.2) is 4.98 Å². The van der Waals surface area contributed by atoms with Crippen LogP contribution in [-0.2, 0) is 0 Å². The number of aromatic nitrogens is 2. The zero-order chi connectivity index (χ0) is 19.7. The molecule has 0 saturated heterocycles. The van der Waals surface area contributed by atoms with Crippen LogP contribution in [0, 0.1) is 0 Å². The van der Waals surface area contributed by atoms with Gasteiger partial charge in [-0.3, -0.25) is 4.79 Å². The Morgan fingerprint density at radius 3 is 2.79 bits per heavy atom. The number of ether oxygens (including phenoxy) is 2. The lowest BCUT2D eigenvalue weighted by Gasteiger charge is -2.18. The van der Waals surface area contributed by atoms with Gasteiger partial charge in [-0.2, -0.15) is 9.78 Å². The first-order chi connectivity index (χ1) is 13.6. The van der Waals surface area contributed by atoms with Crippen molar-refractivity contribution >= 4 is 33.0 Å². The van der Waals surface area contributed by atoms with Crippen molar-refractivity contribution in [3.05, 3.63) is 62.6 Å². The summed E-state index contributed by atoms with van der Waals surface area (Å²) in [5, 5.41) is 5.01. The van der Waals surface area contributed by atoms with Crippen LogP contribution in [0.1, 0.15) is 37.6 Å². The summed E-state index contributed by atoms with van der Waals surface area (Å²) >= 11 is 3.42. The van der Waals surface area contributed by atoms with Crippen LogP contribution in [0.5, 0.6) is 11.5 Å². The molecule has 0 fully saturated rings. The van der Waals surface area contributed by atoms with Crippen LogP contribution in [0.15, 0.2) is 50.8 Å². The first kappa shape index (κ1) is 18.7. The summed E-state index contributed by atoms with van der Waals surface area (Å²) in [5.41, 5.74) is 1.31. The molecule has 0 aliphatic carbocycles. The highest BCUT2D eigenvalue weighted by molar-refractivity contribution is 9.10. The first-order valence-electron chi connectivity index (χ1n) is 9.23. The fourth-order valence-electron chi connectivity index (χ4n) is 3.04. The summed E-state index contributed by atoms with van der Waals surface area (Å²) in [6.07, 6.45) is 2.51. The lowest BCUT2D eigenvalue weighted by Crippen LogP contribution is -2.23. The van der Waals surface area contributed by atoms with Gasteiger partial charge in [0, 0.05) is 10.4 Å². The minimum absolute atomic E-state index is 0.0955. The SMILES string of the molecule is CC[C@H](C)c1nc2ccc(Br)cc2c(=O)n1N=Cc1ccc2c(c1)OCCO2. The van der Waals surface area contributed by atoms with Crippen molar-refractivity contribution in [2.45, 2.75) is 26.2 Å². The second-order valence-corrected chi connectivity index (χ2v) is 7.62. The molecule has 1 atom stereocenters. The molecule has 0 amide bonds. The molecule has 0 unspecified atom stereocenters. The van der Waals surface area contributed by atoms with Crippen molar-refractivity contribution in [2.24, 2.45) is 5.10 Å². The third kappa shape index (κ3) is 3.54. The number of halogens is 1. The predicted octanol–water partition coefficient (Wildman–Crippen LogP) is 4.33. The molecule has 4 rings (SSSR count). The van der Waals surface area contributed by atoms with Gasteiger partial charge in [-0.1, -0.05) is 29.8 Å². The molecule has 0 bridgehead atoms. The Labute approximate surface area is 170 Å². The number of fused-ring (bicyclic) bond motifs is 2. The normalized spacial score (nSPS) is 14.5. The molecule has 28 heavy (non-hydrogen) atoms. The largest absolute Gasteiger partial charge is 0.486 e. The molecule has 0 radical (unpaired) electrons. The maximum atomic E-state index is 13.1. The molecule has 2 aromatic carbocycles. The third-order valence-corrected chi connectivity index (χ3v) is 5.27. The molecule has 7 heteroatoms. The van der Waals surface area contributed by atoms with Crippen molar-refractivity contribution in [2.75, 3.05) is 13.2 Å². The Hall–Kier alpha value is -2.67. The molecular formula is C21H20BrN3O3. The predicted molar refractivity (Wildman–Crippen MR) is 113 cm³/mol. The van der Waals surface area contributed by atoms with Crippen LogP contribution in [0.3, 0.4) is 0 Å². The van der Waals surface area contributed by atoms with Crippen molar-refractivity contribution in [1.29, 1.82) is 0 Å². The van der Waals surface area contributed by atoms with Gasteiger partial charge in [-0.15, -0.1) is 0 Å². The van der Waals surface area contributed by atoms with Crippen molar-refractivity contribution < 1.29 is 9.47 Å². The second kappa shape index (κ2) is 7.75. The summed E-state index contributed by atoms with van der Waals surface area (Å²) in [6.45, 7) is 5.18. The van der Waals surface area contributed by atoms with Crippen molar-refractivity contribution in [3.63, 3.8) is 0 Å². The number of hydrogen-bond acceptors (Lipinski definition) is 5. The van der Waals surface area contributed by atoms with E-state index in [2.05, 4.69) is 28.0 Å². The summed E-state index contributed by atoms with van der Waals surface area (Å²) < 4.78 is 13.4. The highest BCUT2D eigenvalue weighted by Gasteiger charge is 2.16. The number of hydrogen-bond donors (Lipinski definition) is 0. The van der Waals surface area contributed by atoms with E-state index >= 15 is 0 Å². The minimum atomic E-state index is -0.185. The average Bonchev–Trinajstić information content (AvgIpc) is 2.72. The Morgan fingerprint density at radius 2 is 2.00 bits per heavy atom. The van der Waals surface area contributed by atoms with Crippen molar-refractivity contribution in [1.82, 2.24) is 9.66 Å². The molecule has 2 heterocycles. The summed E-state index contributed by atoms with van der Waals surface area (Å²) in [5.74, 6) is 2.15. The van der Waals surface area contributed by atoms with E-state index in [9.17, 15) is 4.79 Å². The Morgan fingerprint density at radius 1 is 1.21 bits per heavy atom. The van der Waals surface area contributed by atoms with Gasteiger partial charge in [0.2, 0.25) is 0 Å². The summed E-state index contributed by atoms with van der Waals surface area (Å²) in [4.78, 5) is 17.8. The average molecular weight is 442 g/mol. The van der Waals surface area contributed by atoms with Crippen LogP contribution < -0.4 is 15.0 Å². The number of nitrogens with zero attached hydrogens (tertiary/aromatic N) is 3. The van der Waals surface area contributed by atoms with E-state index in [1.54, 1.807) is 12.3 Å². The van der Waals surface area contributed by atoms with E-state index in [0.29, 0.717) is 35.7 Å². The topological polar surface area (TPSA) is 65.7 Å². The lowest BCUT2D eigenvalue weighted by molar-refractivity contribution is 0.171. The Balaban J connectivity index is 1.81. The third-order valence-electron chi connectivity index (χ3n) is 4.78. The molecule has 0 spiro atoms. The van der Waals surface area contributed by atoms with Crippen LogP contribution in [0.4, 0.5) is 0 Å². The van der Waals surface area contributed by atoms with Crippen LogP contribution in [0.25, 0.3) is 10.9 Å². The van der Waals surface area contributed by atoms with Gasteiger partial charge in [0.1, 0.15) is 19.0 Å². The highest BCUT2D eigenvalue weighted by Crippen LogP contribution is 2.30. The standard InChI is InChI=1S/C21H20BrN3O3/c1-3-13(2)20-24-17-6-5-15(22)11-16(17)21(26)25(20)23-12-14-4-7-18-19(10-14)28-9-8-27-18/h4-7,10-13H,3,8-9H2,1-2H3/t13-/m0/s1. The van der Waals surface area contributed by atoms with Crippen LogP contribution in [-0.4, -0.2) is 29.1 Å². The Bertz CT molecular complexity index is 1120. The van der Waals surface area contributed by atoms with E-state index in [-0.39, 0.29) is 11.5 Å². The molecule has 1 aromatic heterocycles. The molecular weight excluding hydrogens is 422 g/mol. The quantitative estimate of drug-likeness (QED) is 0.565. The summed E-state index contributed by atoms with van der Waals surface area (Å²) in [7, 11) is 0. The van der Waals surface area contributed by atoms with E-state index in [0.717, 1.165) is 22.2 Å². The minimum Gasteiger partial charge on any atom is -0.486 e. The molecule has 0 N–H and O–H groups in total. The van der Waals surface area contributed by atoms with Crippen LogP contribution in [0.2, 0.25) is 0 Å². The molecule has 1 aliphatic rings. The maximum Gasteiger partial charge on any atom is 0.282 e. The molecule has 6 nitrogen and oxygen atoms in total. The van der Waals surface area contributed by atoms with Gasteiger partial charge in [-0.05, 0) is 48.4 Å². The van der Waals surface area contributed by atoms with E-state index in [1.165, 1.54) is 4.68 Å². The second-order valence-electron chi connectivity index (χ2n) is 6.71. The molecule has 3 aromatic rings. The van der Waals surface area contributed by atoms with Crippen molar-refractivity contribution in [3.8, 4) is 11.5 Å². The molecule has 144 valence electrons. The zero-order valence-electron chi connectivity index (χ0n) is 15.7. The maximum absolute atomic E-state index is 13.1. The number of rotatable bonds is 4. The van der Waals surface area contributed by atoms with Gasteiger partial charge >= 0.3 is 0 Å². The van der Waals surface area contributed by atoms with Gasteiger partial charge in [0.05, 0.1) is 17.1 Å². The zero-order valence-corrected chi connectivity index (χ0v) is 17.3. The summed E-state index contributed by atoms with van der Waals surface area (Å²) in [6, 6.07) is 11.1. The highest BCUT2D eigenvalue weighted by atomic mass is 79.9. The van der Waals surface area contributed by atoms with Crippen LogP contribution >= 0.6 is 15.9 Å². The molecule has 1 aliphatic heterocycles. The first-order valence-corrected chi connectivity index (χ1v) is 10.0. The van der Waals surface area contributed by atoms with E-state index in [4.69, 9.17) is 14.5 Å².